The fourth-order valence-corrected chi connectivity index (χ4v) is 6.09. The number of halogens is 2. The summed E-state index contributed by atoms with van der Waals surface area (Å²) in [6.45, 7) is 2.26. The van der Waals surface area contributed by atoms with Crippen LogP contribution in [0.5, 0.6) is 5.75 Å². The number of nitrogens with one attached hydrogen (secondary N) is 4. The molecule has 3 atom stereocenters. The summed E-state index contributed by atoms with van der Waals surface area (Å²) in [5.41, 5.74) is -0.237. The average molecular weight is 508 g/mol. The van der Waals surface area contributed by atoms with E-state index in [4.69, 9.17) is 16.3 Å². The van der Waals surface area contributed by atoms with Gasteiger partial charge in [-0.15, -0.1) is 0 Å². The van der Waals surface area contributed by atoms with E-state index in [2.05, 4.69) is 33.2 Å². The summed E-state index contributed by atoms with van der Waals surface area (Å²) in [6.07, 6.45) is 6.73. The molecule has 2 bridgehead atoms. The van der Waals surface area contributed by atoms with E-state index in [0.29, 0.717) is 12.5 Å². The zero-order valence-electron chi connectivity index (χ0n) is 20.1. The quantitative estimate of drug-likeness (QED) is 0.406. The summed E-state index contributed by atoms with van der Waals surface area (Å²) < 4.78 is 18.9. The summed E-state index contributed by atoms with van der Waals surface area (Å²) in [7, 11) is 2.15. The van der Waals surface area contributed by atoms with Crippen molar-refractivity contribution in [3.05, 3.63) is 29.0 Å². The lowest BCUT2D eigenvalue weighted by Gasteiger charge is -2.42. The third-order valence-electron chi connectivity index (χ3n) is 8.22. The highest BCUT2D eigenvalue weighted by molar-refractivity contribution is 6.30. The minimum absolute atomic E-state index is 0.00943. The van der Waals surface area contributed by atoms with E-state index in [1.54, 1.807) is 0 Å². The molecule has 35 heavy (non-hydrogen) atoms. The molecule has 5 fully saturated rings. The SMILES string of the molecule is CN(CC1CCC1)C1CNC(C(=O)NC23CC(C2)[C@@H](NC(=O)COc2ccc(Cl)c(F)c2)C3)CN1. The van der Waals surface area contributed by atoms with Gasteiger partial charge in [0.05, 0.1) is 17.2 Å². The number of nitrogens with zero attached hydrogens (tertiary/aromatic N) is 1. The minimum Gasteiger partial charge on any atom is -0.484 e. The van der Waals surface area contributed by atoms with Crippen molar-refractivity contribution in [3.63, 3.8) is 0 Å². The van der Waals surface area contributed by atoms with E-state index in [1.165, 1.54) is 31.4 Å². The fraction of sp³-hybridized carbons (Fsp3) is 0.680. The van der Waals surface area contributed by atoms with Crippen LogP contribution in [0.2, 0.25) is 5.02 Å². The highest BCUT2D eigenvalue weighted by atomic mass is 35.5. The zero-order valence-corrected chi connectivity index (χ0v) is 20.9. The monoisotopic (exact) mass is 507 g/mol. The van der Waals surface area contributed by atoms with Crippen molar-refractivity contribution >= 4 is 23.4 Å². The van der Waals surface area contributed by atoms with Crippen LogP contribution in [0.25, 0.3) is 0 Å². The summed E-state index contributed by atoms with van der Waals surface area (Å²) in [5.74, 6) is 0.612. The van der Waals surface area contributed by atoms with E-state index in [-0.39, 0.29) is 53.0 Å². The molecule has 192 valence electrons. The fourth-order valence-electron chi connectivity index (χ4n) is 5.98. The van der Waals surface area contributed by atoms with E-state index in [9.17, 15) is 14.0 Å². The van der Waals surface area contributed by atoms with Crippen molar-refractivity contribution in [2.24, 2.45) is 11.8 Å². The maximum absolute atomic E-state index is 13.5. The Hall–Kier alpha value is -1.94. The molecule has 0 radical (unpaired) electrons. The first-order chi connectivity index (χ1) is 16.8. The third kappa shape index (κ3) is 5.58. The number of benzene rings is 1. The van der Waals surface area contributed by atoms with E-state index in [0.717, 1.165) is 44.3 Å². The predicted molar refractivity (Wildman–Crippen MR) is 131 cm³/mol. The summed E-state index contributed by atoms with van der Waals surface area (Å²) >= 11 is 5.67. The van der Waals surface area contributed by atoms with Crippen LogP contribution >= 0.6 is 11.6 Å². The van der Waals surface area contributed by atoms with Crippen LogP contribution in [0.3, 0.4) is 0 Å². The molecule has 0 spiro atoms. The van der Waals surface area contributed by atoms with Crippen molar-refractivity contribution in [2.75, 3.05) is 33.3 Å². The first kappa shape index (κ1) is 24.7. The van der Waals surface area contributed by atoms with Crippen LogP contribution in [0, 0.1) is 17.7 Å². The molecule has 1 aromatic rings. The number of likely N-dealkylation sites (N-methyl/N-ethyl adjacent to an activating group) is 1. The Balaban J connectivity index is 1.03. The molecule has 0 aromatic heterocycles. The van der Waals surface area contributed by atoms with Crippen molar-refractivity contribution in [2.45, 2.75) is 62.3 Å². The summed E-state index contributed by atoms with van der Waals surface area (Å²) in [6, 6.07) is 3.84. The van der Waals surface area contributed by atoms with Gasteiger partial charge in [0.25, 0.3) is 5.91 Å². The van der Waals surface area contributed by atoms with Gasteiger partial charge in [-0.25, -0.2) is 4.39 Å². The van der Waals surface area contributed by atoms with Crippen molar-refractivity contribution < 1.29 is 18.7 Å². The standard InChI is InChI=1S/C25H35ClFN5O3/c1-32(13-15-3-2-4-15)22-12-28-21(11-29-22)24(34)31-25-8-16(9-25)20(10-25)30-23(33)14-35-17-5-6-18(26)19(27)7-17/h5-7,15-16,20-22,28-29H,2-4,8-14H2,1H3,(H,30,33)(H,31,34)/t16?,20-,21?,22?,25?/m0/s1. The van der Waals surface area contributed by atoms with Crippen LogP contribution in [-0.2, 0) is 9.59 Å². The van der Waals surface area contributed by atoms with Crippen molar-refractivity contribution in [1.29, 1.82) is 0 Å². The molecule has 1 aromatic carbocycles. The van der Waals surface area contributed by atoms with Gasteiger partial charge >= 0.3 is 0 Å². The van der Waals surface area contributed by atoms with Crippen LogP contribution in [0.1, 0.15) is 38.5 Å². The first-order valence-corrected chi connectivity index (χ1v) is 13.0. The molecule has 4 N–H and O–H groups in total. The van der Waals surface area contributed by atoms with Crippen LogP contribution in [-0.4, -0.2) is 73.8 Å². The molecular formula is C25H35ClFN5O3. The van der Waals surface area contributed by atoms with Crippen molar-refractivity contribution in [1.82, 2.24) is 26.2 Å². The number of piperazine rings is 1. The zero-order chi connectivity index (χ0) is 24.6. The van der Waals surface area contributed by atoms with E-state index in [1.807, 2.05) is 0 Å². The molecule has 4 aliphatic carbocycles. The van der Waals surface area contributed by atoms with Crippen molar-refractivity contribution in [3.8, 4) is 5.75 Å². The summed E-state index contributed by atoms with van der Waals surface area (Å²) in [5, 5.41) is 13.2. The van der Waals surface area contributed by atoms with Gasteiger partial charge in [-0.3, -0.25) is 19.8 Å². The number of ether oxygens (including phenoxy) is 1. The minimum atomic E-state index is -0.585. The molecule has 1 saturated heterocycles. The smallest absolute Gasteiger partial charge is 0.258 e. The molecule has 5 aliphatic rings. The number of fused-ring (bicyclic) bond motifs is 1. The molecule has 1 heterocycles. The van der Waals surface area contributed by atoms with Gasteiger partial charge in [0.15, 0.2) is 6.61 Å². The van der Waals surface area contributed by atoms with Gasteiger partial charge in [-0.05, 0) is 63.1 Å². The molecular weight excluding hydrogens is 473 g/mol. The van der Waals surface area contributed by atoms with Crippen LogP contribution in [0.4, 0.5) is 4.39 Å². The van der Waals surface area contributed by atoms with Gasteiger partial charge in [-0.1, -0.05) is 18.0 Å². The van der Waals surface area contributed by atoms with Gasteiger partial charge in [0.2, 0.25) is 5.91 Å². The number of hydrogen-bond acceptors (Lipinski definition) is 6. The highest BCUT2D eigenvalue weighted by Crippen LogP contribution is 2.52. The molecule has 2 amide bonds. The Bertz CT molecular complexity index is 947. The second-order valence-corrected chi connectivity index (χ2v) is 11.2. The molecule has 4 saturated carbocycles. The number of amides is 2. The normalized spacial score (nSPS) is 32.0. The molecule has 6 rings (SSSR count). The maximum atomic E-state index is 13.5. The Labute approximate surface area is 210 Å². The molecule has 2 unspecified atom stereocenters. The Morgan fingerprint density at radius 1 is 1.23 bits per heavy atom. The number of hydrogen-bond donors (Lipinski definition) is 4. The second-order valence-electron chi connectivity index (χ2n) is 10.8. The number of rotatable bonds is 9. The van der Waals surface area contributed by atoms with Gasteiger partial charge in [0.1, 0.15) is 11.6 Å². The third-order valence-corrected chi connectivity index (χ3v) is 8.52. The highest BCUT2D eigenvalue weighted by Gasteiger charge is 2.57. The Morgan fingerprint density at radius 3 is 2.69 bits per heavy atom. The van der Waals surface area contributed by atoms with Crippen LogP contribution < -0.4 is 26.0 Å². The van der Waals surface area contributed by atoms with Gasteiger partial charge in [-0.2, -0.15) is 0 Å². The summed E-state index contributed by atoms with van der Waals surface area (Å²) in [4.78, 5) is 27.7. The average Bonchev–Trinajstić information content (AvgIpc) is 3.30. The lowest BCUT2D eigenvalue weighted by Crippen LogP contribution is -2.66. The largest absolute Gasteiger partial charge is 0.484 e. The lowest BCUT2D eigenvalue weighted by molar-refractivity contribution is -0.127. The molecule has 1 aliphatic heterocycles. The number of carbonyl (C=O) groups is 2. The second kappa shape index (κ2) is 10.2. The molecule has 8 nitrogen and oxygen atoms in total. The molecule has 10 heteroatoms. The van der Waals surface area contributed by atoms with Gasteiger partial charge in [0, 0.05) is 37.3 Å². The Morgan fingerprint density at radius 2 is 2.03 bits per heavy atom. The topological polar surface area (TPSA) is 94.7 Å². The van der Waals surface area contributed by atoms with Gasteiger partial charge < -0.3 is 20.7 Å². The first-order valence-electron chi connectivity index (χ1n) is 12.7. The lowest BCUT2D eigenvalue weighted by atomic mass is 9.76. The number of carbonyl (C=O) groups excluding carboxylic acids is 2. The Kier molecular flexibility index (Phi) is 7.21. The maximum Gasteiger partial charge on any atom is 0.258 e. The van der Waals surface area contributed by atoms with Crippen LogP contribution in [0.15, 0.2) is 18.2 Å². The predicted octanol–water partition coefficient (Wildman–Crippen LogP) is 1.63. The van der Waals surface area contributed by atoms with E-state index < -0.39 is 5.82 Å². The van der Waals surface area contributed by atoms with E-state index >= 15 is 0 Å².